The predicted molar refractivity (Wildman–Crippen MR) is 57.5 cm³/mol. The van der Waals surface area contributed by atoms with Crippen molar-refractivity contribution in [2.45, 2.75) is 25.9 Å². The lowest BCUT2D eigenvalue weighted by Crippen LogP contribution is -2.19. The van der Waals surface area contributed by atoms with Crippen molar-refractivity contribution >= 4 is 5.71 Å². The van der Waals surface area contributed by atoms with Gasteiger partial charge < -0.3 is 4.84 Å². The molecule has 76 valence electrons. The van der Waals surface area contributed by atoms with Crippen LogP contribution in [0.1, 0.15) is 31.4 Å². The summed E-state index contributed by atoms with van der Waals surface area (Å²) < 4.78 is 0. The Labute approximate surface area is 89.0 Å². The molecule has 0 unspecified atom stereocenters. The van der Waals surface area contributed by atoms with Gasteiger partial charge in [-0.05, 0) is 26.0 Å². The van der Waals surface area contributed by atoms with E-state index in [1.54, 1.807) is 6.07 Å². The first-order valence-corrected chi connectivity index (χ1v) is 4.86. The van der Waals surface area contributed by atoms with Crippen molar-refractivity contribution in [3.05, 3.63) is 35.4 Å². The molecule has 0 spiro atoms. The first kappa shape index (κ1) is 9.72. The van der Waals surface area contributed by atoms with E-state index in [0.29, 0.717) is 5.56 Å². The molecule has 3 heteroatoms. The molecule has 1 heterocycles. The SMILES string of the molecule is CC1(C)CC(c2cccc(C#N)c2)=NO1. The van der Waals surface area contributed by atoms with E-state index in [0.717, 1.165) is 17.7 Å². The van der Waals surface area contributed by atoms with Crippen molar-refractivity contribution in [2.24, 2.45) is 5.16 Å². The van der Waals surface area contributed by atoms with E-state index in [4.69, 9.17) is 10.1 Å². The second-order valence-corrected chi connectivity index (χ2v) is 4.26. The largest absolute Gasteiger partial charge is 0.389 e. The third kappa shape index (κ3) is 1.99. The van der Waals surface area contributed by atoms with Crippen LogP contribution in [-0.2, 0) is 4.84 Å². The smallest absolute Gasteiger partial charge is 0.137 e. The monoisotopic (exact) mass is 200 g/mol. The summed E-state index contributed by atoms with van der Waals surface area (Å²) in [5.74, 6) is 0. The molecule has 1 aromatic rings. The zero-order chi connectivity index (χ0) is 10.9. The van der Waals surface area contributed by atoms with Crippen molar-refractivity contribution in [1.29, 1.82) is 5.26 Å². The highest BCUT2D eigenvalue weighted by Crippen LogP contribution is 2.25. The van der Waals surface area contributed by atoms with Crippen LogP contribution in [-0.4, -0.2) is 11.3 Å². The summed E-state index contributed by atoms with van der Waals surface area (Å²) >= 11 is 0. The van der Waals surface area contributed by atoms with Gasteiger partial charge in [0.15, 0.2) is 0 Å². The fraction of sp³-hybridized carbons (Fsp3) is 0.333. The lowest BCUT2D eigenvalue weighted by molar-refractivity contribution is 0.0123. The molecule has 1 aromatic carbocycles. The number of benzene rings is 1. The molecule has 0 aromatic heterocycles. The Morgan fingerprint density at radius 3 is 2.87 bits per heavy atom. The van der Waals surface area contributed by atoms with E-state index in [9.17, 15) is 0 Å². The lowest BCUT2D eigenvalue weighted by atomic mass is 9.97. The molecule has 1 aliphatic heterocycles. The lowest BCUT2D eigenvalue weighted by Gasteiger charge is -2.13. The topological polar surface area (TPSA) is 45.4 Å². The van der Waals surface area contributed by atoms with Gasteiger partial charge in [0.1, 0.15) is 5.60 Å². The van der Waals surface area contributed by atoms with Crippen LogP contribution in [0.3, 0.4) is 0 Å². The highest BCUT2D eigenvalue weighted by atomic mass is 16.7. The predicted octanol–water partition coefficient (Wildman–Crippen LogP) is 2.46. The van der Waals surface area contributed by atoms with E-state index in [-0.39, 0.29) is 5.60 Å². The first-order chi connectivity index (χ1) is 7.11. The molecule has 0 saturated carbocycles. The van der Waals surface area contributed by atoms with Gasteiger partial charge >= 0.3 is 0 Å². The van der Waals surface area contributed by atoms with Gasteiger partial charge in [0.05, 0.1) is 17.3 Å². The molecule has 0 aliphatic carbocycles. The van der Waals surface area contributed by atoms with Crippen molar-refractivity contribution in [3.8, 4) is 6.07 Å². The Kier molecular flexibility index (Phi) is 2.20. The number of hydrogen-bond donors (Lipinski definition) is 0. The van der Waals surface area contributed by atoms with E-state index in [2.05, 4.69) is 11.2 Å². The zero-order valence-corrected chi connectivity index (χ0v) is 8.82. The van der Waals surface area contributed by atoms with E-state index in [1.807, 2.05) is 32.0 Å². The minimum Gasteiger partial charge on any atom is -0.389 e. The summed E-state index contributed by atoms with van der Waals surface area (Å²) in [5, 5.41) is 12.8. The molecule has 1 aliphatic rings. The molecule has 2 rings (SSSR count). The van der Waals surface area contributed by atoms with Gasteiger partial charge in [-0.3, -0.25) is 0 Å². The molecule has 0 amide bonds. The maximum Gasteiger partial charge on any atom is 0.137 e. The van der Waals surface area contributed by atoms with Gasteiger partial charge in [0, 0.05) is 12.0 Å². The minimum absolute atomic E-state index is 0.224. The molecule has 0 fully saturated rings. The van der Waals surface area contributed by atoms with Crippen molar-refractivity contribution in [1.82, 2.24) is 0 Å². The third-order valence-corrected chi connectivity index (χ3v) is 2.32. The normalized spacial score (nSPS) is 17.8. The molecular formula is C12H12N2O. The Balaban J connectivity index is 2.29. The standard InChI is InChI=1S/C12H12N2O/c1-12(2)7-11(14-15-12)10-5-3-4-9(6-10)8-13/h3-6H,7H2,1-2H3. The van der Waals surface area contributed by atoms with Crippen LogP contribution in [0.4, 0.5) is 0 Å². The second kappa shape index (κ2) is 3.39. The van der Waals surface area contributed by atoms with Gasteiger partial charge in [-0.2, -0.15) is 5.26 Å². The highest BCUT2D eigenvalue weighted by molar-refractivity contribution is 6.01. The molecule has 0 atom stereocenters. The van der Waals surface area contributed by atoms with E-state index >= 15 is 0 Å². The van der Waals surface area contributed by atoms with Crippen LogP contribution in [0.2, 0.25) is 0 Å². The maximum absolute atomic E-state index is 8.79. The summed E-state index contributed by atoms with van der Waals surface area (Å²) in [7, 11) is 0. The molecule has 0 bridgehead atoms. The maximum atomic E-state index is 8.79. The molecule has 0 N–H and O–H groups in total. The number of nitriles is 1. The summed E-state index contributed by atoms with van der Waals surface area (Å²) in [6, 6.07) is 9.55. The Morgan fingerprint density at radius 2 is 2.27 bits per heavy atom. The van der Waals surface area contributed by atoms with E-state index in [1.165, 1.54) is 0 Å². The average Bonchev–Trinajstić information content (AvgIpc) is 2.59. The molecule has 15 heavy (non-hydrogen) atoms. The van der Waals surface area contributed by atoms with Crippen molar-refractivity contribution in [2.75, 3.05) is 0 Å². The molecular weight excluding hydrogens is 188 g/mol. The Morgan fingerprint density at radius 1 is 1.47 bits per heavy atom. The van der Waals surface area contributed by atoms with Gasteiger partial charge in [-0.25, -0.2) is 0 Å². The average molecular weight is 200 g/mol. The highest BCUT2D eigenvalue weighted by Gasteiger charge is 2.29. The third-order valence-electron chi connectivity index (χ3n) is 2.32. The van der Waals surface area contributed by atoms with Gasteiger partial charge in [-0.1, -0.05) is 17.3 Å². The van der Waals surface area contributed by atoms with Gasteiger partial charge in [0.2, 0.25) is 0 Å². The molecule has 0 saturated heterocycles. The van der Waals surface area contributed by atoms with Crippen molar-refractivity contribution < 1.29 is 4.84 Å². The van der Waals surface area contributed by atoms with Crippen LogP contribution >= 0.6 is 0 Å². The van der Waals surface area contributed by atoms with E-state index < -0.39 is 0 Å². The number of oxime groups is 1. The Bertz CT molecular complexity index is 455. The number of hydrogen-bond acceptors (Lipinski definition) is 3. The van der Waals surface area contributed by atoms with Crippen LogP contribution in [0, 0.1) is 11.3 Å². The molecule has 3 nitrogen and oxygen atoms in total. The molecule has 0 radical (unpaired) electrons. The summed E-state index contributed by atoms with van der Waals surface area (Å²) in [6.07, 6.45) is 0.780. The van der Waals surface area contributed by atoms with Crippen LogP contribution in [0.15, 0.2) is 29.4 Å². The van der Waals surface area contributed by atoms with Crippen molar-refractivity contribution in [3.63, 3.8) is 0 Å². The fourth-order valence-corrected chi connectivity index (χ4v) is 1.57. The second-order valence-electron chi connectivity index (χ2n) is 4.26. The first-order valence-electron chi connectivity index (χ1n) is 4.86. The summed E-state index contributed by atoms with van der Waals surface area (Å²) in [4.78, 5) is 5.29. The van der Waals surface area contributed by atoms with Crippen LogP contribution in [0.5, 0.6) is 0 Å². The van der Waals surface area contributed by atoms with Gasteiger partial charge in [-0.15, -0.1) is 0 Å². The Hall–Kier alpha value is -1.82. The number of nitrogens with zero attached hydrogens (tertiary/aromatic N) is 2. The quantitative estimate of drug-likeness (QED) is 0.699. The minimum atomic E-state index is -0.224. The fourth-order valence-electron chi connectivity index (χ4n) is 1.57. The van der Waals surface area contributed by atoms with Crippen LogP contribution < -0.4 is 0 Å². The number of rotatable bonds is 1. The zero-order valence-electron chi connectivity index (χ0n) is 8.82. The summed E-state index contributed by atoms with van der Waals surface area (Å²) in [5.41, 5.74) is 2.31. The van der Waals surface area contributed by atoms with Crippen LogP contribution in [0.25, 0.3) is 0 Å². The van der Waals surface area contributed by atoms with Gasteiger partial charge in [0.25, 0.3) is 0 Å². The summed E-state index contributed by atoms with van der Waals surface area (Å²) in [6.45, 7) is 4.00.